The third-order valence-electron chi connectivity index (χ3n) is 8.39. The molecular formula is C31H40BrN3O6. The van der Waals surface area contributed by atoms with Crippen molar-refractivity contribution in [3.63, 3.8) is 0 Å². The molecule has 0 spiro atoms. The fourth-order valence-corrected chi connectivity index (χ4v) is 6.44. The van der Waals surface area contributed by atoms with Gasteiger partial charge in [0.1, 0.15) is 17.7 Å². The van der Waals surface area contributed by atoms with Crippen molar-refractivity contribution in [1.29, 1.82) is 0 Å². The molecule has 0 unspecified atom stereocenters. The molecule has 4 rings (SSSR count). The van der Waals surface area contributed by atoms with Crippen LogP contribution in [0.25, 0.3) is 10.8 Å². The molecular weight excluding hydrogens is 590 g/mol. The molecule has 2 aliphatic rings. The maximum atomic E-state index is 14.2. The third-order valence-corrected chi connectivity index (χ3v) is 8.88. The number of fused-ring (bicyclic) bond motifs is 1. The van der Waals surface area contributed by atoms with Gasteiger partial charge in [0.15, 0.2) is 0 Å². The summed E-state index contributed by atoms with van der Waals surface area (Å²) in [5.41, 5.74) is -1.77. The SMILES string of the molecule is C=CCC(C)(C)COC(=O)N[C@H](C(=O)N1C[C@H](Oc2nccc3ccc(Br)cc23)C[C@@]1(CC)C(=O)O)C1CCCC1. The summed E-state index contributed by atoms with van der Waals surface area (Å²) in [5.74, 6) is -1.22. The van der Waals surface area contributed by atoms with E-state index < -0.39 is 35.7 Å². The van der Waals surface area contributed by atoms with Gasteiger partial charge in [-0.15, -0.1) is 6.58 Å². The highest BCUT2D eigenvalue weighted by molar-refractivity contribution is 9.10. The Bertz CT molecular complexity index is 1290. The third kappa shape index (κ3) is 6.85. The van der Waals surface area contributed by atoms with Crippen LogP contribution in [0.2, 0.25) is 0 Å². The number of carboxylic acids is 1. The number of benzene rings is 1. The van der Waals surface area contributed by atoms with Gasteiger partial charge < -0.3 is 24.8 Å². The molecule has 2 N–H and O–H groups in total. The lowest BCUT2D eigenvalue weighted by Gasteiger charge is -2.37. The summed E-state index contributed by atoms with van der Waals surface area (Å²) in [4.78, 5) is 45.7. The van der Waals surface area contributed by atoms with Crippen LogP contribution in [0.1, 0.15) is 65.7 Å². The van der Waals surface area contributed by atoms with Crippen molar-refractivity contribution in [3.05, 3.63) is 47.6 Å². The maximum absolute atomic E-state index is 14.2. The van der Waals surface area contributed by atoms with Gasteiger partial charge in [-0.2, -0.15) is 0 Å². The van der Waals surface area contributed by atoms with Crippen LogP contribution < -0.4 is 10.1 Å². The lowest BCUT2D eigenvalue weighted by molar-refractivity contribution is -0.158. The van der Waals surface area contributed by atoms with E-state index in [0.29, 0.717) is 12.3 Å². The summed E-state index contributed by atoms with van der Waals surface area (Å²) in [6.07, 6.45) is 6.56. The number of hydrogen-bond donors (Lipinski definition) is 2. The number of allylic oxidation sites excluding steroid dienone is 1. The topological polar surface area (TPSA) is 118 Å². The molecule has 1 aliphatic heterocycles. The molecule has 0 radical (unpaired) electrons. The summed E-state index contributed by atoms with van der Waals surface area (Å²) in [6, 6.07) is 6.77. The van der Waals surface area contributed by atoms with Crippen LogP contribution >= 0.6 is 15.9 Å². The Morgan fingerprint density at radius 3 is 2.68 bits per heavy atom. The minimum absolute atomic E-state index is 0.0668. The van der Waals surface area contributed by atoms with E-state index in [1.165, 1.54) is 4.90 Å². The molecule has 10 heteroatoms. The second kappa shape index (κ2) is 12.8. The number of amides is 2. The number of nitrogens with one attached hydrogen (secondary N) is 1. The van der Waals surface area contributed by atoms with E-state index in [2.05, 4.69) is 32.8 Å². The molecule has 2 amide bonds. The van der Waals surface area contributed by atoms with Gasteiger partial charge in [-0.1, -0.05) is 61.7 Å². The Balaban J connectivity index is 1.58. The molecule has 9 nitrogen and oxygen atoms in total. The number of rotatable bonds is 11. The molecule has 1 aliphatic carbocycles. The summed E-state index contributed by atoms with van der Waals surface area (Å²) in [7, 11) is 0. The van der Waals surface area contributed by atoms with Gasteiger partial charge in [0.25, 0.3) is 0 Å². The zero-order valence-electron chi connectivity index (χ0n) is 24.0. The van der Waals surface area contributed by atoms with Gasteiger partial charge in [0, 0.05) is 27.9 Å². The van der Waals surface area contributed by atoms with Gasteiger partial charge >= 0.3 is 12.1 Å². The van der Waals surface area contributed by atoms with Crippen LogP contribution in [0, 0.1) is 11.3 Å². The average molecular weight is 631 g/mol. The van der Waals surface area contributed by atoms with E-state index in [9.17, 15) is 19.5 Å². The molecule has 1 saturated heterocycles. The summed E-state index contributed by atoms with van der Waals surface area (Å²) in [5, 5.41) is 15.0. The Kier molecular flexibility index (Phi) is 9.62. The molecule has 2 fully saturated rings. The van der Waals surface area contributed by atoms with E-state index in [4.69, 9.17) is 9.47 Å². The maximum Gasteiger partial charge on any atom is 0.407 e. The Hall–Kier alpha value is -3.14. The van der Waals surface area contributed by atoms with Crippen molar-refractivity contribution >= 4 is 44.7 Å². The van der Waals surface area contributed by atoms with Crippen LogP contribution in [0.15, 0.2) is 47.6 Å². The van der Waals surface area contributed by atoms with Crippen molar-refractivity contribution in [1.82, 2.24) is 15.2 Å². The predicted molar refractivity (Wildman–Crippen MR) is 160 cm³/mol. The van der Waals surface area contributed by atoms with Gasteiger partial charge in [0.05, 0.1) is 13.2 Å². The smallest absolute Gasteiger partial charge is 0.407 e. The van der Waals surface area contributed by atoms with Crippen LogP contribution in [0.5, 0.6) is 5.88 Å². The Labute approximate surface area is 249 Å². The molecule has 1 aromatic carbocycles. The quantitative estimate of drug-likeness (QED) is 0.288. The molecule has 1 saturated carbocycles. The number of nitrogens with zero attached hydrogens (tertiary/aromatic N) is 2. The van der Waals surface area contributed by atoms with Gasteiger partial charge in [-0.25, -0.2) is 14.6 Å². The minimum atomic E-state index is -1.47. The summed E-state index contributed by atoms with van der Waals surface area (Å²) in [6.45, 7) is 9.69. The molecule has 3 atom stereocenters. The number of carbonyl (C=O) groups is 3. The van der Waals surface area contributed by atoms with Gasteiger partial charge in [-0.3, -0.25) is 4.79 Å². The highest BCUT2D eigenvalue weighted by Crippen LogP contribution is 2.38. The fourth-order valence-electron chi connectivity index (χ4n) is 6.08. The number of pyridine rings is 1. The van der Waals surface area contributed by atoms with E-state index >= 15 is 0 Å². The lowest BCUT2D eigenvalue weighted by atomic mass is 9.90. The number of likely N-dealkylation sites (tertiary alicyclic amines) is 1. The zero-order chi connectivity index (χ0) is 29.8. The second-order valence-electron chi connectivity index (χ2n) is 12.0. The normalized spacial score (nSPS) is 22.0. The number of ether oxygens (including phenoxy) is 2. The number of halogens is 1. The highest BCUT2D eigenvalue weighted by atomic mass is 79.9. The van der Waals surface area contributed by atoms with Crippen LogP contribution in [-0.4, -0.2) is 63.8 Å². The number of carbonyl (C=O) groups excluding carboxylic acids is 2. The van der Waals surface area contributed by atoms with Gasteiger partial charge in [0.2, 0.25) is 11.8 Å². The number of hydrogen-bond acceptors (Lipinski definition) is 6. The van der Waals surface area contributed by atoms with E-state index in [1.54, 1.807) is 19.2 Å². The number of aliphatic carboxylic acids is 1. The van der Waals surface area contributed by atoms with E-state index in [-0.39, 0.29) is 37.3 Å². The van der Waals surface area contributed by atoms with Crippen molar-refractivity contribution in [2.45, 2.75) is 83.4 Å². The molecule has 222 valence electrons. The Morgan fingerprint density at radius 1 is 1.29 bits per heavy atom. The molecule has 0 bridgehead atoms. The zero-order valence-corrected chi connectivity index (χ0v) is 25.6. The first-order valence-corrected chi connectivity index (χ1v) is 15.1. The average Bonchev–Trinajstić information content (AvgIpc) is 3.59. The molecule has 2 aromatic rings. The number of aromatic nitrogens is 1. The molecule has 2 heterocycles. The van der Waals surface area contributed by atoms with Crippen molar-refractivity contribution in [3.8, 4) is 5.88 Å². The lowest BCUT2D eigenvalue weighted by Crippen LogP contribution is -2.59. The van der Waals surface area contributed by atoms with E-state index in [1.807, 2.05) is 38.1 Å². The number of alkyl carbamates (subject to hydrolysis) is 1. The van der Waals surface area contributed by atoms with Crippen molar-refractivity contribution < 1.29 is 29.0 Å². The summed E-state index contributed by atoms with van der Waals surface area (Å²) >= 11 is 3.49. The Morgan fingerprint density at radius 2 is 2.02 bits per heavy atom. The standard InChI is InChI=1S/C31H40BrN3O6/c1-5-14-30(3,4)19-40-29(39)34-25(21-9-7-8-10-21)27(36)35-18-23(17-31(35,6-2)28(37)38)41-26-24-16-22(32)12-11-20(24)13-15-33-26/h5,11-13,15-16,21,23,25H,1,6-10,14,17-19H2,2-4H3,(H,34,39)(H,37,38)/t23-,25+,31+/m1/s1. The molecule has 41 heavy (non-hydrogen) atoms. The number of carboxylic acid groups (broad SMARTS) is 1. The van der Waals surface area contributed by atoms with Crippen molar-refractivity contribution in [2.75, 3.05) is 13.2 Å². The first-order valence-electron chi connectivity index (χ1n) is 14.3. The first kappa shape index (κ1) is 30.8. The fraction of sp³-hybridized carbons (Fsp3) is 0.548. The second-order valence-corrected chi connectivity index (χ2v) is 12.9. The monoisotopic (exact) mass is 629 g/mol. The summed E-state index contributed by atoms with van der Waals surface area (Å²) < 4.78 is 12.7. The molecule has 1 aromatic heterocycles. The minimum Gasteiger partial charge on any atom is -0.479 e. The largest absolute Gasteiger partial charge is 0.479 e. The van der Waals surface area contributed by atoms with E-state index in [0.717, 1.165) is 40.9 Å². The first-order chi connectivity index (χ1) is 19.5. The van der Waals surface area contributed by atoms with Crippen LogP contribution in [0.4, 0.5) is 4.79 Å². The highest BCUT2D eigenvalue weighted by Gasteiger charge is 2.55. The van der Waals surface area contributed by atoms with Crippen LogP contribution in [-0.2, 0) is 14.3 Å². The van der Waals surface area contributed by atoms with Gasteiger partial charge in [-0.05, 0) is 55.2 Å². The van der Waals surface area contributed by atoms with Crippen LogP contribution in [0.3, 0.4) is 0 Å². The predicted octanol–water partition coefficient (Wildman–Crippen LogP) is 6.10. The van der Waals surface area contributed by atoms with Crippen molar-refractivity contribution in [2.24, 2.45) is 11.3 Å².